The summed E-state index contributed by atoms with van der Waals surface area (Å²) in [6.45, 7) is 7.42. The van der Waals surface area contributed by atoms with E-state index in [1.807, 2.05) is 18.2 Å². The molecule has 0 aliphatic carbocycles. The highest BCUT2D eigenvalue weighted by Gasteiger charge is 2.27. The Morgan fingerprint density at radius 1 is 1.42 bits per heavy atom. The first-order valence-corrected chi connectivity index (χ1v) is 6.99. The summed E-state index contributed by atoms with van der Waals surface area (Å²) in [5, 5.41) is 2.94. The molecule has 0 saturated carbocycles. The molecule has 19 heavy (non-hydrogen) atoms. The Morgan fingerprint density at radius 2 is 2.21 bits per heavy atom. The Morgan fingerprint density at radius 3 is 2.89 bits per heavy atom. The second-order valence-electron chi connectivity index (χ2n) is 4.93. The van der Waals surface area contributed by atoms with Crippen LogP contribution in [0.3, 0.4) is 0 Å². The first-order chi connectivity index (χ1) is 9.17. The lowest BCUT2D eigenvalue weighted by molar-refractivity contribution is -0.115. The summed E-state index contributed by atoms with van der Waals surface area (Å²) < 4.78 is 5.72. The van der Waals surface area contributed by atoms with E-state index in [2.05, 4.69) is 31.0 Å². The van der Waals surface area contributed by atoms with Crippen molar-refractivity contribution < 1.29 is 9.53 Å². The molecule has 1 atom stereocenters. The lowest BCUT2D eigenvalue weighted by Gasteiger charge is -2.36. The third-order valence-corrected chi connectivity index (χ3v) is 3.48. The Kier molecular flexibility index (Phi) is 4.30. The van der Waals surface area contributed by atoms with Gasteiger partial charge in [0.15, 0.2) is 0 Å². The molecule has 0 spiro atoms. The van der Waals surface area contributed by atoms with Crippen molar-refractivity contribution in [2.24, 2.45) is 0 Å². The van der Waals surface area contributed by atoms with Gasteiger partial charge in [-0.2, -0.15) is 0 Å². The molecule has 4 heteroatoms. The summed E-state index contributed by atoms with van der Waals surface area (Å²) in [7, 11) is 0. The number of ether oxygens (including phenoxy) is 1. The van der Waals surface area contributed by atoms with Crippen molar-refractivity contribution in [3.63, 3.8) is 0 Å². The van der Waals surface area contributed by atoms with Gasteiger partial charge in [0.1, 0.15) is 11.4 Å². The number of rotatable bonds is 5. The summed E-state index contributed by atoms with van der Waals surface area (Å²) >= 11 is 0. The first-order valence-electron chi connectivity index (χ1n) is 6.99. The van der Waals surface area contributed by atoms with E-state index in [1.54, 1.807) is 0 Å². The highest BCUT2D eigenvalue weighted by molar-refractivity contribution is 6.03. The fourth-order valence-corrected chi connectivity index (χ4v) is 2.25. The molecule has 4 nitrogen and oxygen atoms in total. The van der Waals surface area contributed by atoms with Crippen molar-refractivity contribution in [1.82, 2.24) is 0 Å². The van der Waals surface area contributed by atoms with Crippen LogP contribution in [0.2, 0.25) is 0 Å². The second kappa shape index (κ2) is 5.95. The quantitative estimate of drug-likeness (QED) is 0.886. The molecule has 104 valence electrons. The SMILES string of the molecule is CCCOc1cccc2c1NC(=O)CN2C(C)CC. The molecular weight excluding hydrogens is 240 g/mol. The van der Waals surface area contributed by atoms with Gasteiger partial charge in [-0.15, -0.1) is 0 Å². The fraction of sp³-hybridized carbons (Fsp3) is 0.533. The Bertz CT molecular complexity index is 459. The van der Waals surface area contributed by atoms with Gasteiger partial charge in [0.2, 0.25) is 5.91 Å². The van der Waals surface area contributed by atoms with Crippen LogP contribution in [0.25, 0.3) is 0 Å². The smallest absolute Gasteiger partial charge is 0.244 e. The summed E-state index contributed by atoms with van der Waals surface area (Å²) in [4.78, 5) is 14.0. The maximum Gasteiger partial charge on any atom is 0.244 e. The monoisotopic (exact) mass is 262 g/mol. The lowest BCUT2D eigenvalue weighted by Crippen LogP contribution is -2.43. The van der Waals surface area contributed by atoms with Crippen molar-refractivity contribution in [2.45, 2.75) is 39.7 Å². The van der Waals surface area contributed by atoms with Crippen LogP contribution >= 0.6 is 0 Å². The van der Waals surface area contributed by atoms with E-state index >= 15 is 0 Å². The topological polar surface area (TPSA) is 41.6 Å². The Balaban J connectivity index is 2.36. The zero-order chi connectivity index (χ0) is 13.8. The Labute approximate surface area is 114 Å². The number of hydrogen-bond acceptors (Lipinski definition) is 3. The molecule has 1 aliphatic heterocycles. The number of hydrogen-bond donors (Lipinski definition) is 1. The zero-order valence-electron chi connectivity index (χ0n) is 11.9. The third kappa shape index (κ3) is 2.83. The number of amides is 1. The maximum absolute atomic E-state index is 11.9. The summed E-state index contributed by atoms with van der Waals surface area (Å²) in [5.41, 5.74) is 1.87. The molecule has 0 radical (unpaired) electrons. The summed E-state index contributed by atoms with van der Waals surface area (Å²) in [6, 6.07) is 6.27. The number of fused-ring (bicyclic) bond motifs is 1. The molecular formula is C15H22N2O2. The molecule has 0 saturated heterocycles. The van der Waals surface area contributed by atoms with E-state index in [9.17, 15) is 4.79 Å². The number of anilines is 2. The van der Waals surface area contributed by atoms with E-state index in [-0.39, 0.29) is 5.91 Å². The third-order valence-electron chi connectivity index (χ3n) is 3.48. The van der Waals surface area contributed by atoms with Crippen LogP contribution in [0.1, 0.15) is 33.6 Å². The molecule has 0 aromatic heterocycles. The van der Waals surface area contributed by atoms with E-state index in [4.69, 9.17) is 4.74 Å². The van der Waals surface area contributed by atoms with Crippen molar-refractivity contribution >= 4 is 17.3 Å². The van der Waals surface area contributed by atoms with Gasteiger partial charge in [-0.25, -0.2) is 0 Å². The highest BCUT2D eigenvalue weighted by atomic mass is 16.5. The Hall–Kier alpha value is -1.71. The summed E-state index contributed by atoms with van der Waals surface area (Å²) in [6.07, 6.45) is 1.96. The highest BCUT2D eigenvalue weighted by Crippen LogP contribution is 2.38. The number of carbonyl (C=O) groups is 1. The van der Waals surface area contributed by atoms with Crippen LogP contribution in [0.4, 0.5) is 11.4 Å². The number of nitrogens with zero attached hydrogens (tertiary/aromatic N) is 1. The number of carbonyl (C=O) groups excluding carboxylic acids is 1. The van der Waals surface area contributed by atoms with Crippen molar-refractivity contribution in [3.8, 4) is 5.75 Å². The van der Waals surface area contributed by atoms with Crippen LogP contribution in [-0.2, 0) is 4.79 Å². The lowest BCUT2D eigenvalue weighted by atomic mass is 10.1. The van der Waals surface area contributed by atoms with E-state index < -0.39 is 0 Å². The van der Waals surface area contributed by atoms with Gasteiger partial charge in [-0.3, -0.25) is 4.79 Å². The van der Waals surface area contributed by atoms with Crippen molar-refractivity contribution in [2.75, 3.05) is 23.4 Å². The first kappa shape index (κ1) is 13.7. The van der Waals surface area contributed by atoms with Crippen molar-refractivity contribution in [1.29, 1.82) is 0 Å². The predicted octanol–water partition coefficient (Wildman–Crippen LogP) is 3.03. The minimum atomic E-state index is 0.0281. The maximum atomic E-state index is 11.9. The molecule has 1 aliphatic rings. The number of benzene rings is 1. The van der Waals surface area contributed by atoms with Crippen LogP contribution in [0.5, 0.6) is 5.75 Å². The number of para-hydroxylation sites is 1. The average Bonchev–Trinajstić information content (AvgIpc) is 2.43. The molecule has 1 N–H and O–H groups in total. The molecule has 0 bridgehead atoms. The molecule has 1 unspecified atom stereocenters. The molecule has 0 fully saturated rings. The van der Waals surface area contributed by atoms with Crippen LogP contribution in [-0.4, -0.2) is 25.1 Å². The fourth-order valence-electron chi connectivity index (χ4n) is 2.25. The normalized spacial score (nSPS) is 15.7. The molecule has 2 rings (SSSR count). The molecule has 1 amide bonds. The van der Waals surface area contributed by atoms with Gasteiger partial charge in [-0.05, 0) is 31.9 Å². The van der Waals surface area contributed by atoms with Gasteiger partial charge < -0.3 is 15.0 Å². The van der Waals surface area contributed by atoms with Gasteiger partial charge >= 0.3 is 0 Å². The van der Waals surface area contributed by atoms with Gasteiger partial charge in [0.25, 0.3) is 0 Å². The molecule has 1 heterocycles. The minimum Gasteiger partial charge on any atom is -0.491 e. The molecule has 1 aromatic rings. The van der Waals surface area contributed by atoms with Crippen LogP contribution in [0, 0.1) is 0 Å². The minimum absolute atomic E-state index is 0.0281. The standard InChI is InChI=1S/C15H22N2O2/c1-4-9-19-13-8-6-7-12-15(13)16-14(18)10-17(12)11(3)5-2/h6-8,11H,4-5,9-10H2,1-3H3,(H,16,18). The average molecular weight is 262 g/mol. The van der Waals surface area contributed by atoms with E-state index in [0.29, 0.717) is 19.2 Å². The van der Waals surface area contributed by atoms with E-state index in [0.717, 1.165) is 30.0 Å². The summed E-state index contributed by atoms with van der Waals surface area (Å²) in [5.74, 6) is 0.793. The predicted molar refractivity (Wildman–Crippen MR) is 78.0 cm³/mol. The number of nitrogens with one attached hydrogen (secondary N) is 1. The van der Waals surface area contributed by atoms with Crippen LogP contribution in [0.15, 0.2) is 18.2 Å². The van der Waals surface area contributed by atoms with Crippen LogP contribution < -0.4 is 15.0 Å². The van der Waals surface area contributed by atoms with Crippen molar-refractivity contribution in [3.05, 3.63) is 18.2 Å². The second-order valence-corrected chi connectivity index (χ2v) is 4.93. The van der Waals surface area contributed by atoms with Gasteiger partial charge in [0.05, 0.1) is 18.8 Å². The molecule has 1 aromatic carbocycles. The zero-order valence-corrected chi connectivity index (χ0v) is 11.9. The largest absolute Gasteiger partial charge is 0.491 e. The van der Waals surface area contributed by atoms with Gasteiger partial charge in [0, 0.05) is 6.04 Å². The van der Waals surface area contributed by atoms with Gasteiger partial charge in [-0.1, -0.05) is 19.9 Å². The van der Waals surface area contributed by atoms with E-state index in [1.165, 1.54) is 0 Å².